The van der Waals surface area contributed by atoms with E-state index in [-0.39, 0.29) is 30.2 Å². The summed E-state index contributed by atoms with van der Waals surface area (Å²) in [5.41, 5.74) is -1.80. The number of rotatable bonds is 3. The van der Waals surface area contributed by atoms with Gasteiger partial charge in [0.05, 0.1) is 18.6 Å². The molecule has 0 N–H and O–H groups in total. The SMILES string of the molecule is COc1nccc2c1C(F)(F)CC[C@@]21CN2CC(C(F)(F)F)C=C(OC(F)F)C2=N1. The van der Waals surface area contributed by atoms with Gasteiger partial charge in [-0.15, -0.1) is 0 Å². The smallest absolute Gasteiger partial charge is 0.396 e. The Kier molecular flexibility index (Phi) is 4.66. The molecule has 3 aliphatic rings. The summed E-state index contributed by atoms with van der Waals surface area (Å²) in [5.74, 6) is -6.57. The number of aromatic nitrogens is 1. The average Bonchev–Trinajstić information content (AvgIpc) is 3.04. The highest BCUT2D eigenvalue weighted by atomic mass is 19.4. The van der Waals surface area contributed by atoms with Crippen LogP contribution in [0.4, 0.5) is 30.7 Å². The van der Waals surface area contributed by atoms with Crippen molar-refractivity contribution >= 4 is 5.84 Å². The Morgan fingerprint density at radius 2 is 1.97 bits per heavy atom. The lowest BCUT2D eigenvalue weighted by Gasteiger charge is -2.38. The maximum atomic E-state index is 14.7. The molecule has 2 aliphatic heterocycles. The highest BCUT2D eigenvalue weighted by Crippen LogP contribution is 2.54. The van der Waals surface area contributed by atoms with E-state index >= 15 is 0 Å². The summed E-state index contributed by atoms with van der Waals surface area (Å²) < 4.78 is 104. The molecule has 0 bridgehead atoms. The van der Waals surface area contributed by atoms with E-state index in [1.165, 1.54) is 19.4 Å². The third-order valence-corrected chi connectivity index (χ3v) is 5.53. The van der Waals surface area contributed by atoms with Crippen LogP contribution in [0.2, 0.25) is 0 Å². The first kappa shape index (κ1) is 20.7. The van der Waals surface area contributed by atoms with E-state index in [0.29, 0.717) is 6.08 Å². The second kappa shape index (κ2) is 6.74. The number of methoxy groups -OCH3 is 1. The van der Waals surface area contributed by atoms with Crippen LogP contribution in [0.15, 0.2) is 29.1 Å². The van der Waals surface area contributed by atoms with Gasteiger partial charge in [-0.3, -0.25) is 4.99 Å². The summed E-state index contributed by atoms with van der Waals surface area (Å²) in [6.07, 6.45) is -3.74. The molecule has 30 heavy (non-hydrogen) atoms. The maximum Gasteiger partial charge on any atom is 0.396 e. The Balaban J connectivity index is 1.82. The minimum atomic E-state index is -4.69. The van der Waals surface area contributed by atoms with Crippen molar-refractivity contribution in [2.24, 2.45) is 10.9 Å². The topological polar surface area (TPSA) is 47.0 Å². The Bertz CT molecular complexity index is 916. The van der Waals surface area contributed by atoms with Crippen LogP contribution < -0.4 is 4.74 Å². The molecule has 0 aromatic carbocycles. The molecule has 0 saturated carbocycles. The molecule has 0 radical (unpaired) electrons. The molecule has 3 heterocycles. The van der Waals surface area contributed by atoms with Gasteiger partial charge in [-0.2, -0.15) is 22.0 Å². The van der Waals surface area contributed by atoms with E-state index < -0.39 is 54.5 Å². The number of hydrogen-bond donors (Lipinski definition) is 0. The second-order valence-electron chi connectivity index (χ2n) is 7.35. The van der Waals surface area contributed by atoms with Crippen molar-refractivity contribution in [1.82, 2.24) is 9.88 Å². The van der Waals surface area contributed by atoms with Gasteiger partial charge in [0.1, 0.15) is 5.54 Å². The first-order valence-corrected chi connectivity index (χ1v) is 8.97. The van der Waals surface area contributed by atoms with E-state index in [1.807, 2.05) is 0 Å². The average molecular weight is 439 g/mol. The monoisotopic (exact) mass is 439 g/mol. The first-order valence-electron chi connectivity index (χ1n) is 8.97. The van der Waals surface area contributed by atoms with Crippen LogP contribution in [0.25, 0.3) is 0 Å². The van der Waals surface area contributed by atoms with Crippen LogP contribution >= 0.6 is 0 Å². The fraction of sp³-hybridized carbons (Fsp3) is 0.556. The van der Waals surface area contributed by atoms with Crippen molar-refractivity contribution in [1.29, 1.82) is 0 Å². The number of ether oxygens (including phenoxy) is 2. The largest absolute Gasteiger partial charge is 0.481 e. The number of fused-ring (bicyclic) bond motifs is 3. The number of hydrogen-bond acceptors (Lipinski definition) is 5. The van der Waals surface area contributed by atoms with Crippen molar-refractivity contribution < 1.29 is 40.2 Å². The number of aliphatic imine (C=N–C) groups is 1. The van der Waals surface area contributed by atoms with Gasteiger partial charge < -0.3 is 14.4 Å². The van der Waals surface area contributed by atoms with Crippen LogP contribution in [0.1, 0.15) is 24.0 Å². The second-order valence-corrected chi connectivity index (χ2v) is 7.35. The minimum Gasteiger partial charge on any atom is -0.481 e. The molecule has 12 heteroatoms. The van der Waals surface area contributed by atoms with E-state index in [4.69, 9.17) is 4.74 Å². The molecule has 0 amide bonds. The van der Waals surface area contributed by atoms with E-state index in [1.54, 1.807) is 0 Å². The van der Waals surface area contributed by atoms with Gasteiger partial charge in [0.15, 0.2) is 11.6 Å². The van der Waals surface area contributed by atoms with Crippen molar-refractivity contribution in [3.63, 3.8) is 0 Å². The van der Waals surface area contributed by atoms with Crippen molar-refractivity contribution in [3.8, 4) is 5.88 Å². The van der Waals surface area contributed by atoms with E-state index in [2.05, 4.69) is 14.7 Å². The molecule has 164 valence electrons. The Morgan fingerprint density at radius 1 is 1.23 bits per heavy atom. The molecular weight excluding hydrogens is 423 g/mol. The van der Waals surface area contributed by atoms with Crippen molar-refractivity contribution in [2.75, 3.05) is 20.2 Å². The zero-order valence-electron chi connectivity index (χ0n) is 15.5. The zero-order chi connectivity index (χ0) is 21.9. The normalized spacial score (nSPS) is 27.5. The third kappa shape index (κ3) is 3.25. The van der Waals surface area contributed by atoms with Crippen LogP contribution in [0, 0.1) is 5.92 Å². The van der Waals surface area contributed by atoms with Gasteiger partial charge in [-0.1, -0.05) is 0 Å². The summed E-state index contributed by atoms with van der Waals surface area (Å²) >= 11 is 0. The molecule has 2 atom stereocenters. The van der Waals surface area contributed by atoms with Crippen molar-refractivity contribution in [2.45, 2.75) is 37.1 Å². The lowest BCUT2D eigenvalue weighted by Crippen LogP contribution is -2.46. The molecule has 1 unspecified atom stereocenters. The van der Waals surface area contributed by atoms with Gasteiger partial charge in [-0.05, 0) is 24.1 Å². The van der Waals surface area contributed by atoms with Gasteiger partial charge in [-0.25, -0.2) is 13.8 Å². The quantitative estimate of drug-likeness (QED) is 0.663. The Labute approximate surface area is 166 Å². The highest BCUT2D eigenvalue weighted by molar-refractivity contribution is 5.99. The Morgan fingerprint density at radius 3 is 2.60 bits per heavy atom. The number of halogens is 7. The molecule has 5 nitrogen and oxygen atoms in total. The summed E-state index contributed by atoms with van der Waals surface area (Å²) in [6.45, 7) is -4.12. The number of alkyl halides is 7. The number of amidine groups is 1. The molecular formula is C18H16F7N3O2. The molecule has 0 fully saturated rings. The lowest BCUT2D eigenvalue weighted by molar-refractivity contribution is -0.166. The van der Waals surface area contributed by atoms with Crippen molar-refractivity contribution in [3.05, 3.63) is 35.2 Å². The van der Waals surface area contributed by atoms with Crippen LogP contribution in [0.3, 0.4) is 0 Å². The van der Waals surface area contributed by atoms with Gasteiger partial charge >= 0.3 is 12.8 Å². The highest BCUT2D eigenvalue weighted by Gasteiger charge is 2.55. The molecule has 4 rings (SSSR count). The van der Waals surface area contributed by atoms with E-state index in [0.717, 1.165) is 4.90 Å². The predicted molar refractivity (Wildman–Crippen MR) is 89.3 cm³/mol. The fourth-order valence-corrected chi connectivity index (χ4v) is 4.24. The molecule has 0 saturated heterocycles. The van der Waals surface area contributed by atoms with Crippen LogP contribution in [-0.2, 0) is 16.2 Å². The predicted octanol–water partition coefficient (Wildman–Crippen LogP) is 4.20. The number of pyridine rings is 1. The van der Waals surface area contributed by atoms with Crippen LogP contribution in [0.5, 0.6) is 5.88 Å². The summed E-state index contributed by atoms with van der Waals surface area (Å²) in [5, 5.41) is 0. The lowest BCUT2D eigenvalue weighted by atomic mass is 9.75. The van der Waals surface area contributed by atoms with Crippen LogP contribution in [-0.4, -0.2) is 48.7 Å². The van der Waals surface area contributed by atoms with Gasteiger partial charge in [0, 0.05) is 25.7 Å². The molecule has 1 aromatic rings. The summed E-state index contributed by atoms with van der Waals surface area (Å²) in [7, 11) is 1.18. The molecule has 1 aromatic heterocycles. The minimum absolute atomic E-state index is 0.0486. The molecule has 1 spiro atoms. The van der Waals surface area contributed by atoms with Gasteiger partial charge in [0.25, 0.3) is 5.92 Å². The maximum absolute atomic E-state index is 14.7. The Hall–Kier alpha value is -2.53. The standard InChI is InChI=1S/C18H16F7N3O2/c1-29-14-12-10(2-5-26-14)16(3-4-17(12,21)22)8-28-7-9(18(23,24)25)6-11(13(28)27-16)30-15(19)20/h2,5-6,9,15H,3-4,7-8H2,1H3/t9?,16-/m1/s1. The summed E-state index contributed by atoms with van der Waals surface area (Å²) in [4.78, 5) is 9.33. The summed E-state index contributed by atoms with van der Waals surface area (Å²) in [6, 6.07) is 1.31. The fourth-order valence-electron chi connectivity index (χ4n) is 4.24. The first-order chi connectivity index (χ1) is 14.0. The van der Waals surface area contributed by atoms with E-state index in [9.17, 15) is 30.7 Å². The molecule has 1 aliphatic carbocycles. The third-order valence-electron chi connectivity index (χ3n) is 5.53. The number of nitrogens with zero attached hydrogens (tertiary/aromatic N) is 3. The van der Waals surface area contributed by atoms with Gasteiger partial charge in [0.2, 0.25) is 5.88 Å². The zero-order valence-corrected chi connectivity index (χ0v) is 15.5.